The van der Waals surface area contributed by atoms with Crippen molar-refractivity contribution in [3.05, 3.63) is 65.2 Å². The summed E-state index contributed by atoms with van der Waals surface area (Å²) in [5, 5.41) is 0. The third-order valence-electron chi connectivity index (χ3n) is 3.99. The Bertz CT molecular complexity index is 562. The van der Waals surface area contributed by atoms with Gasteiger partial charge in [0.2, 0.25) is 0 Å². The monoisotopic (exact) mass is 283 g/mol. The summed E-state index contributed by atoms with van der Waals surface area (Å²) in [6, 6.07) is 16.7. The molecule has 2 rings (SSSR count). The molecular weight excluding hydrogens is 258 g/mol. The van der Waals surface area contributed by atoms with Crippen LogP contribution in [-0.2, 0) is 0 Å². The lowest BCUT2D eigenvalue weighted by molar-refractivity contribution is 0.211. The molecule has 0 aliphatic rings. The fraction of sp³-hybridized carbons (Fsp3) is 0.368. The van der Waals surface area contributed by atoms with Crippen LogP contribution in [0.15, 0.2) is 48.5 Å². The van der Waals surface area contributed by atoms with Crippen molar-refractivity contribution in [2.24, 2.45) is 5.73 Å². The van der Waals surface area contributed by atoms with E-state index in [0.29, 0.717) is 12.5 Å². The van der Waals surface area contributed by atoms with E-state index >= 15 is 0 Å². The number of hydrogen-bond donors (Lipinski definition) is 1. The molecule has 0 aliphatic heterocycles. The Morgan fingerprint density at radius 3 is 2.33 bits per heavy atom. The van der Waals surface area contributed by atoms with E-state index in [9.17, 15) is 0 Å². The number of aryl methyl sites for hydroxylation is 1. The third kappa shape index (κ3) is 3.85. The van der Waals surface area contributed by atoms with Crippen LogP contribution in [0.25, 0.3) is 0 Å². The average Bonchev–Trinajstić information content (AvgIpc) is 2.53. The number of benzene rings is 2. The van der Waals surface area contributed by atoms with E-state index in [2.05, 4.69) is 57.2 Å². The van der Waals surface area contributed by atoms with E-state index in [1.165, 1.54) is 11.1 Å². The van der Waals surface area contributed by atoms with Crippen molar-refractivity contribution in [2.45, 2.75) is 39.2 Å². The number of para-hydroxylation sites is 1. The molecule has 0 aromatic heterocycles. The summed E-state index contributed by atoms with van der Waals surface area (Å²) in [5.41, 5.74) is 9.55. The third-order valence-corrected chi connectivity index (χ3v) is 3.99. The van der Waals surface area contributed by atoms with E-state index in [-0.39, 0.29) is 6.10 Å². The highest BCUT2D eigenvalue weighted by atomic mass is 16.5. The van der Waals surface area contributed by atoms with Crippen LogP contribution < -0.4 is 10.5 Å². The lowest BCUT2D eigenvalue weighted by Gasteiger charge is -2.22. The van der Waals surface area contributed by atoms with Gasteiger partial charge in [0.05, 0.1) is 0 Å². The van der Waals surface area contributed by atoms with Crippen LogP contribution in [0.2, 0.25) is 0 Å². The first-order valence-electron chi connectivity index (χ1n) is 7.68. The standard InChI is InChI=1S/C19H25NO/c1-4-15(3)17-7-5-6-8-18(17)21-19(13-20)16-11-9-14(2)10-12-16/h5-12,15,19H,4,13,20H2,1-3H3. The molecule has 0 heterocycles. The minimum absolute atomic E-state index is 0.101. The van der Waals surface area contributed by atoms with E-state index < -0.39 is 0 Å². The SMILES string of the molecule is CCC(C)c1ccccc1OC(CN)c1ccc(C)cc1. The molecule has 2 N–H and O–H groups in total. The van der Waals surface area contributed by atoms with Gasteiger partial charge < -0.3 is 10.5 Å². The summed E-state index contributed by atoms with van der Waals surface area (Å²) >= 11 is 0. The van der Waals surface area contributed by atoms with Crippen molar-refractivity contribution in [3.63, 3.8) is 0 Å². The molecule has 21 heavy (non-hydrogen) atoms. The summed E-state index contributed by atoms with van der Waals surface area (Å²) in [6.07, 6.45) is 0.994. The maximum absolute atomic E-state index is 6.22. The zero-order valence-electron chi connectivity index (χ0n) is 13.2. The molecule has 0 aliphatic carbocycles. The van der Waals surface area contributed by atoms with Crippen molar-refractivity contribution >= 4 is 0 Å². The summed E-state index contributed by atoms with van der Waals surface area (Å²) < 4.78 is 6.22. The Morgan fingerprint density at radius 2 is 1.71 bits per heavy atom. The Hall–Kier alpha value is -1.80. The first-order chi connectivity index (χ1) is 10.2. The molecule has 0 radical (unpaired) electrons. The highest BCUT2D eigenvalue weighted by Gasteiger charge is 2.15. The van der Waals surface area contributed by atoms with Gasteiger partial charge in [0.15, 0.2) is 0 Å². The van der Waals surface area contributed by atoms with E-state index in [0.717, 1.165) is 17.7 Å². The summed E-state index contributed by atoms with van der Waals surface area (Å²) in [5.74, 6) is 1.43. The Morgan fingerprint density at radius 1 is 1.05 bits per heavy atom. The van der Waals surface area contributed by atoms with Crippen LogP contribution in [0.4, 0.5) is 0 Å². The first-order valence-corrected chi connectivity index (χ1v) is 7.68. The van der Waals surface area contributed by atoms with E-state index in [1.807, 2.05) is 12.1 Å². The maximum atomic E-state index is 6.22. The fourth-order valence-electron chi connectivity index (χ4n) is 2.40. The Labute approximate surface area is 127 Å². The van der Waals surface area contributed by atoms with Gasteiger partial charge in [-0.1, -0.05) is 61.9 Å². The second-order valence-electron chi connectivity index (χ2n) is 5.60. The minimum Gasteiger partial charge on any atom is -0.484 e. The molecule has 2 aromatic carbocycles. The van der Waals surface area contributed by atoms with Crippen LogP contribution in [0.1, 0.15) is 49.0 Å². The van der Waals surface area contributed by atoms with Gasteiger partial charge in [-0.3, -0.25) is 0 Å². The van der Waals surface area contributed by atoms with Crippen LogP contribution >= 0.6 is 0 Å². The second-order valence-corrected chi connectivity index (χ2v) is 5.60. The molecule has 0 saturated heterocycles. The molecular formula is C19H25NO. The normalized spacial score (nSPS) is 13.7. The van der Waals surface area contributed by atoms with Crippen LogP contribution in [0.3, 0.4) is 0 Å². The van der Waals surface area contributed by atoms with Gasteiger partial charge in [0.1, 0.15) is 11.9 Å². The smallest absolute Gasteiger partial charge is 0.136 e. The fourth-order valence-corrected chi connectivity index (χ4v) is 2.40. The molecule has 2 atom stereocenters. The van der Waals surface area contributed by atoms with Crippen LogP contribution in [-0.4, -0.2) is 6.54 Å². The van der Waals surface area contributed by atoms with E-state index in [4.69, 9.17) is 10.5 Å². The highest BCUT2D eigenvalue weighted by molar-refractivity contribution is 5.37. The van der Waals surface area contributed by atoms with Gasteiger partial charge in [-0.15, -0.1) is 0 Å². The molecule has 2 unspecified atom stereocenters. The van der Waals surface area contributed by atoms with Crippen molar-refractivity contribution in [3.8, 4) is 5.75 Å². The molecule has 0 bridgehead atoms. The van der Waals surface area contributed by atoms with Crippen molar-refractivity contribution in [1.82, 2.24) is 0 Å². The molecule has 112 valence electrons. The van der Waals surface area contributed by atoms with Crippen molar-refractivity contribution < 1.29 is 4.74 Å². The largest absolute Gasteiger partial charge is 0.484 e. The quantitative estimate of drug-likeness (QED) is 0.841. The van der Waals surface area contributed by atoms with Crippen molar-refractivity contribution in [2.75, 3.05) is 6.54 Å². The average molecular weight is 283 g/mol. The number of rotatable bonds is 6. The second kappa shape index (κ2) is 7.28. The molecule has 0 amide bonds. The number of nitrogens with two attached hydrogens (primary N) is 1. The topological polar surface area (TPSA) is 35.2 Å². The minimum atomic E-state index is -0.101. The van der Waals surface area contributed by atoms with Gasteiger partial charge in [0, 0.05) is 6.54 Å². The van der Waals surface area contributed by atoms with Gasteiger partial charge in [-0.05, 0) is 36.5 Å². The molecule has 0 fully saturated rings. The molecule has 2 heteroatoms. The maximum Gasteiger partial charge on any atom is 0.136 e. The summed E-state index contributed by atoms with van der Waals surface area (Å²) in [7, 11) is 0. The molecule has 2 nitrogen and oxygen atoms in total. The van der Waals surface area contributed by atoms with Gasteiger partial charge in [0.25, 0.3) is 0 Å². The lowest BCUT2D eigenvalue weighted by Crippen LogP contribution is -2.19. The van der Waals surface area contributed by atoms with Crippen LogP contribution in [0, 0.1) is 6.92 Å². The predicted octanol–water partition coefficient (Wildman–Crippen LogP) is 4.59. The van der Waals surface area contributed by atoms with Crippen LogP contribution in [0.5, 0.6) is 5.75 Å². The summed E-state index contributed by atoms with van der Waals surface area (Å²) in [6.45, 7) is 6.98. The Kier molecular flexibility index (Phi) is 5.40. The lowest BCUT2D eigenvalue weighted by atomic mass is 9.97. The number of ether oxygens (including phenoxy) is 1. The zero-order valence-corrected chi connectivity index (χ0v) is 13.2. The molecule has 2 aromatic rings. The zero-order chi connectivity index (χ0) is 15.2. The van der Waals surface area contributed by atoms with E-state index in [1.54, 1.807) is 0 Å². The molecule has 0 spiro atoms. The summed E-state index contributed by atoms with van der Waals surface area (Å²) in [4.78, 5) is 0. The van der Waals surface area contributed by atoms with Gasteiger partial charge in [-0.2, -0.15) is 0 Å². The van der Waals surface area contributed by atoms with Gasteiger partial charge in [-0.25, -0.2) is 0 Å². The first kappa shape index (κ1) is 15.6. The highest BCUT2D eigenvalue weighted by Crippen LogP contribution is 2.31. The Balaban J connectivity index is 2.24. The van der Waals surface area contributed by atoms with Gasteiger partial charge >= 0.3 is 0 Å². The number of hydrogen-bond acceptors (Lipinski definition) is 2. The predicted molar refractivity (Wildman–Crippen MR) is 88.8 cm³/mol. The van der Waals surface area contributed by atoms with Crippen molar-refractivity contribution in [1.29, 1.82) is 0 Å². The molecule has 0 saturated carbocycles.